The molecule has 11 heteroatoms. The number of carbonyl (C=O) groups is 1. The first-order valence-corrected chi connectivity index (χ1v) is 11.8. The summed E-state index contributed by atoms with van der Waals surface area (Å²) in [6, 6.07) is 4.11. The van der Waals surface area contributed by atoms with Gasteiger partial charge in [-0.1, -0.05) is 37.3 Å². The lowest BCUT2D eigenvalue weighted by Gasteiger charge is -2.29. The lowest BCUT2D eigenvalue weighted by atomic mass is 9.76. The van der Waals surface area contributed by atoms with Gasteiger partial charge in [0.15, 0.2) is 5.01 Å². The highest BCUT2D eigenvalue weighted by Crippen LogP contribution is 2.41. The summed E-state index contributed by atoms with van der Waals surface area (Å²) in [7, 11) is 1.91. The van der Waals surface area contributed by atoms with E-state index in [0.717, 1.165) is 36.6 Å². The van der Waals surface area contributed by atoms with E-state index >= 15 is 0 Å². The minimum atomic E-state index is -4.54. The van der Waals surface area contributed by atoms with Gasteiger partial charge in [-0.2, -0.15) is 18.3 Å². The van der Waals surface area contributed by atoms with Crippen LogP contribution in [0.1, 0.15) is 42.7 Å². The summed E-state index contributed by atoms with van der Waals surface area (Å²) in [4.78, 5) is 10.6. The van der Waals surface area contributed by atoms with Crippen molar-refractivity contribution in [3.8, 4) is 21.3 Å². The van der Waals surface area contributed by atoms with Crippen LogP contribution in [0, 0.1) is 5.41 Å². The summed E-state index contributed by atoms with van der Waals surface area (Å²) in [5, 5.41) is 25.4. The predicted molar refractivity (Wildman–Crippen MR) is 123 cm³/mol. The molecule has 1 aliphatic carbocycles. The number of aryl methyl sites for hydroxylation is 1. The molecule has 2 N–H and O–H groups in total. The van der Waals surface area contributed by atoms with Gasteiger partial charge < -0.3 is 10.4 Å². The van der Waals surface area contributed by atoms with Crippen molar-refractivity contribution in [1.82, 2.24) is 25.3 Å². The number of aliphatic carboxylic acids is 1. The van der Waals surface area contributed by atoms with Crippen molar-refractivity contribution >= 4 is 17.3 Å². The maximum Gasteiger partial charge on any atom is 0.416 e. The molecule has 182 valence electrons. The predicted octanol–water partition coefficient (Wildman–Crippen LogP) is 4.36. The molecule has 7 nitrogen and oxygen atoms in total. The number of nitrogens with one attached hydrogen (secondary N) is 1. The van der Waals surface area contributed by atoms with Crippen molar-refractivity contribution in [2.45, 2.75) is 45.7 Å². The van der Waals surface area contributed by atoms with Gasteiger partial charge >= 0.3 is 12.1 Å². The Morgan fingerprint density at radius 2 is 2.00 bits per heavy atom. The van der Waals surface area contributed by atoms with Crippen molar-refractivity contribution in [2.24, 2.45) is 12.5 Å². The second-order valence-electron chi connectivity index (χ2n) is 9.34. The third-order valence-corrected chi connectivity index (χ3v) is 7.09. The third-order valence-electron chi connectivity index (χ3n) is 6.11. The van der Waals surface area contributed by atoms with E-state index in [9.17, 15) is 18.0 Å². The van der Waals surface area contributed by atoms with Gasteiger partial charge in [-0.05, 0) is 49.3 Å². The molecule has 0 fully saturated rings. The van der Waals surface area contributed by atoms with E-state index in [1.165, 1.54) is 23.1 Å². The molecule has 0 aliphatic heterocycles. The van der Waals surface area contributed by atoms with Gasteiger partial charge in [0.2, 0.25) is 0 Å². The molecule has 2 heterocycles. The van der Waals surface area contributed by atoms with Crippen LogP contribution in [0.25, 0.3) is 21.3 Å². The number of halogens is 3. The van der Waals surface area contributed by atoms with E-state index in [1.807, 2.05) is 11.7 Å². The second-order valence-corrected chi connectivity index (χ2v) is 10.3. The Hall–Kier alpha value is -2.79. The standard InChI is InChI=1S/C23H26F3N5O2S/c1-22(2)8-6-15-17(11-22)31(3)30-19(15)21-29-28-20(34-21)14-5-4-13(7-9-27-12-18(32)33)16(10-14)23(24,25)26/h4-5,10,27H,6-9,11-12H2,1-3H3,(H,32,33). The highest BCUT2D eigenvalue weighted by Gasteiger charge is 2.34. The van der Waals surface area contributed by atoms with Crippen LogP contribution >= 0.6 is 11.3 Å². The van der Waals surface area contributed by atoms with Crippen molar-refractivity contribution in [1.29, 1.82) is 0 Å². The van der Waals surface area contributed by atoms with E-state index in [4.69, 9.17) is 5.11 Å². The maximum atomic E-state index is 13.7. The van der Waals surface area contributed by atoms with Crippen LogP contribution in [0.15, 0.2) is 18.2 Å². The first-order chi connectivity index (χ1) is 15.9. The molecular formula is C23H26F3N5O2S. The molecule has 0 amide bonds. The normalized spacial score (nSPS) is 15.4. The zero-order chi connectivity index (χ0) is 24.7. The molecule has 0 saturated heterocycles. The number of hydrogen-bond donors (Lipinski definition) is 2. The first kappa shape index (κ1) is 24.3. The Morgan fingerprint density at radius 3 is 2.71 bits per heavy atom. The van der Waals surface area contributed by atoms with Crippen LogP contribution in [-0.4, -0.2) is 44.1 Å². The topological polar surface area (TPSA) is 92.9 Å². The number of fused-ring (bicyclic) bond motifs is 1. The number of carboxylic acid groups (broad SMARTS) is 1. The molecule has 0 bridgehead atoms. The van der Waals surface area contributed by atoms with E-state index < -0.39 is 17.7 Å². The number of rotatable bonds is 7. The third kappa shape index (κ3) is 5.15. The van der Waals surface area contributed by atoms with Crippen molar-refractivity contribution in [2.75, 3.05) is 13.1 Å². The largest absolute Gasteiger partial charge is 0.480 e. The molecule has 1 aromatic carbocycles. The Bertz CT molecular complexity index is 1220. The fraction of sp³-hybridized carbons (Fsp3) is 0.478. The van der Waals surface area contributed by atoms with Crippen molar-refractivity contribution < 1.29 is 23.1 Å². The fourth-order valence-corrected chi connectivity index (χ4v) is 5.16. The Kier molecular flexibility index (Phi) is 6.52. The van der Waals surface area contributed by atoms with Gasteiger partial charge in [0.05, 0.1) is 12.1 Å². The second kappa shape index (κ2) is 9.10. The minimum Gasteiger partial charge on any atom is -0.480 e. The van der Waals surface area contributed by atoms with E-state index in [0.29, 0.717) is 15.6 Å². The number of carboxylic acids is 1. The molecule has 0 unspecified atom stereocenters. The molecular weight excluding hydrogens is 467 g/mol. The zero-order valence-electron chi connectivity index (χ0n) is 19.2. The summed E-state index contributed by atoms with van der Waals surface area (Å²) < 4.78 is 43.1. The summed E-state index contributed by atoms with van der Waals surface area (Å²) in [5.41, 5.74) is 2.95. The van der Waals surface area contributed by atoms with Gasteiger partial charge in [-0.15, -0.1) is 10.2 Å². The molecule has 34 heavy (non-hydrogen) atoms. The molecule has 0 saturated carbocycles. The highest BCUT2D eigenvalue weighted by molar-refractivity contribution is 7.17. The van der Waals surface area contributed by atoms with Crippen LogP contribution in [0.5, 0.6) is 0 Å². The van der Waals surface area contributed by atoms with Crippen LogP contribution in [0.3, 0.4) is 0 Å². The van der Waals surface area contributed by atoms with Gasteiger partial charge in [-0.3, -0.25) is 9.48 Å². The Morgan fingerprint density at radius 1 is 1.26 bits per heavy atom. The molecule has 3 aromatic rings. The number of hydrogen-bond acceptors (Lipinski definition) is 6. The molecule has 2 aromatic heterocycles. The Balaban J connectivity index is 1.61. The van der Waals surface area contributed by atoms with Gasteiger partial charge in [0, 0.05) is 23.9 Å². The number of nitrogens with zero attached hydrogens (tertiary/aromatic N) is 4. The van der Waals surface area contributed by atoms with Gasteiger partial charge in [0.25, 0.3) is 0 Å². The molecule has 0 atom stereocenters. The number of alkyl halides is 3. The zero-order valence-corrected chi connectivity index (χ0v) is 20.0. The summed E-state index contributed by atoms with van der Waals surface area (Å²) >= 11 is 1.23. The van der Waals surface area contributed by atoms with Crippen molar-refractivity contribution in [3.63, 3.8) is 0 Å². The number of benzene rings is 1. The summed E-state index contributed by atoms with van der Waals surface area (Å²) in [6.07, 6.45) is -1.67. The fourth-order valence-electron chi connectivity index (χ4n) is 4.31. The van der Waals surface area contributed by atoms with E-state index in [-0.39, 0.29) is 30.5 Å². The molecule has 4 rings (SSSR count). The van der Waals surface area contributed by atoms with Crippen LogP contribution in [0.2, 0.25) is 0 Å². The molecule has 0 spiro atoms. The monoisotopic (exact) mass is 493 g/mol. The highest BCUT2D eigenvalue weighted by atomic mass is 32.1. The lowest BCUT2D eigenvalue weighted by molar-refractivity contribution is -0.138. The van der Waals surface area contributed by atoms with Gasteiger partial charge in [-0.25, -0.2) is 0 Å². The van der Waals surface area contributed by atoms with Crippen LogP contribution in [0.4, 0.5) is 13.2 Å². The minimum absolute atomic E-state index is 0.0557. The molecule has 1 aliphatic rings. The summed E-state index contributed by atoms with van der Waals surface area (Å²) in [5.74, 6) is -1.06. The number of aromatic nitrogens is 4. The van der Waals surface area contributed by atoms with E-state index in [2.05, 4.69) is 34.5 Å². The van der Waals surface area contributed by atoms with Crippen LogP contribution < -0.4 is 5.32 Å². The first-order valence-electron chi connectivity index (χ1n) is 11.0. The molecule has 0 radical (unpaired) electrons. The van der Waals surface area contributed by atoms with Crippen molar-refractivity contribution in [3.05, 3.63) is 40.6 Å². The van der Waals surface area contributed by atoms with E-state index in [1.54, 1.807) is 6.07 Å². The average Bonchev–Trinajstić information content (AvgIpc) is 3.35. The quantitative estimate of drug-likeness (QED) is 0.475. The maximum absolute atomic E-state index is 13.7. The Labute approximate surface area is 199 Å². The smallest absolute Gasteiger partial charge is 0.416 e. The van der Waals surface area contributed by atoms with Crippen LogP contribution in [-0.2, 0) is 37.3 Å². The lowest BCUT2D eigenvalue weighted by Crippen LogP contribution is -2.25. The van der Waals surface area contributed by atoms with Gasteiger partial charge in [0.1, 0.15) is 10.7 Å². The average molecular weight is 494 g/mol. The SMILES string of the molecule is Cn1nc(-c2nnc(-c3ccc(CCNCC(=O)O)c(C(F)(F)F)c3)s2)c2c1CC(C)(C)CC2. The summed E-state index contributed by atoms with van der Waals surface area (Å²) in [6.45, 7) is 4.28.